The molecule has 0 aliphatic carbocycles. The first kappa shape index (κ1) is 11.3. The van der Waals surface area contributed by atoms with Crippen LogP contribution >= 0.6 is 0 Å². The molecule has 0 bridgehead atoms. The van der Waals surface area contributed by atoms with Gasteiger partial charge in [-0.2, -0.15) is 0 Å². The molecule has 0 fully saturated rings. The van der Waals surface area contributed by atoms with E-state index in [-0.39, 0.29) is 17.4 Å². The lowest BCUT2D eigenvalue weighted by Gasteiger charge is -2.13. The minimum absolute atomic E-state index is 0.104. The number of terminal acetylenes is 1. The van der Waals surface area contributed by atoms with Crippen molar-refractivity contribution < 1.29 is 10.2 Å². The summed E-state index contributed by atoms with van der Waals surface area (Å²) < 4.78 is 0. The third-order valence-corrected chi connectivity index (χ3v) is 2.88. The molecule has 2 heteroatoms. The highest BCUT2D eigenvalue weighted by atomic mass is 16.3. The molecule has 0 unspecified atom stereocenters. The molecule has 0 aliphatic rings. The predicted octanol–water partition coefficient (Wildman–Crippen LogP) is 3.36. The Morgan fingerprint density at radius 3 is 2.47 bits per heavy atom. The van der Waals surface area contributed by atoms with Crippen molar-refractivity contribution in [1.29, 1.82) is 0 Å². The fraction of sp³-hybridized carbons (Fsp3) is 0.200. The molecule has 2 rings (SSSR count). The van der Waals surface area contributed by atoms with Crippen molar-refractivity contribution >= 4 is 10.8 Å². The zero-order valence-corrected chi connectivity index (χ0v) is 9.86. The third kappa shape index (κ3) is 1.81. The maximum atomic E-state index is 9.78. The predicted molar refractivity (Wildman–Crippen MR) is 69.3 cm³/mol. The van der Waals surface area contributed by atoms with E-state index in [0.717, 1.165) is 16.3 Å². The van der Waals surface area contributed by atoms with Gasteiger partial charge in [-0.25, -0.2) is 0 Å². The van der Waals surface area contributed by atoms with E-state index in [2.05, 4.69) is 5.92 Å². The van der Waals surface area contributed by atoms with Crippen LogP contribution in [-0.2, 0) is 0 Å². The zero-order valence-electron chi connectivity index (χ0n) is 9.86. The van der Waals surface area contributed by atoms with Crippen LogP contribution < -0.4 is 0 Å². The number of aromatic hydroxyl groups is 2. The molecule has 0 saturated carbocycles. The molecule has 0 spiro atoms. The Kier molecular flexibility index (Phi) is 2.69. The fourth-order valence-electron chi connectivity index (χ4n) is 2.07. The van der Waals surface area contributed by atoms with Gasteiger partial charge in [0.2, 0.25) is 0 Å². The molecule has 0 heterocycles. The lowest BCUT2D eigenvalue weighted by Crippen LogP contribution is -1.93. The summed E-state index contributed by atoms with van der Waals surface area (Å²) in [5.74, 6) is 3.06. The summed E-state index contributed by atoms with van der Waals surface area (Å²) in [7, 11) is 0. The van der Waals surface area contributed by atoms with Crippen LogP contribution in [0.15, 0.2) is 24.3 Å². The zero-order chi connectivity index (χ0) is 12.6. The smallest absolute Gasteiger partial charge is 0.131 e. The summed E-state index contributed by atoms with van der Waals surface area (Å²) >= 11 is 0. The quantitative estimate of drug-likeness (QED) is 0.732. The highest BCUT2D eigenvalue weighted by Gasteiger charge is 2.13. The van der Waals surface area contributed by atoms with Gasteiger partial charge >= 0.3 is 0 Å². The normalized spacial score (nSPS) is 10.7. The molecule has 2 aromatic rings. The maximum Gasteiger partial charge on any atom is 0.131 e. The molecule has 2 aromatic carbocycles. The number of phenols is 2. The van der Waals surface area contributed by atoms with Gasteiger partial charge < -0.3 is 10.2 Å². The van der Waals surface area contributed by atoms with Crippen LogP contribution in [0.2, 0.25) is 0 Å². The Labute approximate surface area is 101 Å². The van der Waals surface area contributed by atoms with E-state index in [1.54, 1.807) is 24.3 Å². The van der Waals surface area contributed by atoms with Crippen molar-refractivity contribution in [3.8, 4) is 23.8 Å². The highest BCUT2D eigenvalue weighted by molar-refractivity contribution is 5.94. The van der Waals surface area contributed by atoms with Gasteiger partial charge in [-0.05, 0) is 35.1 Å². The van der Waals surface area contributed by atoms with Crippen molar-refractivity contribution in [2.24, 2.45) is 0 Å². The second-order valence-corrected chi connectivity index (χ2v) is 4.39. The summed E-state index contributed by atoms with van der Waals surface area (Å²) in [6.07, 6.45) is 5.45. The van der Waals surface area contributed by atoms with Gasteiger partial charge in [0, 0.05) is 5.39 Å². The largest absolute Gasteiger partial charge is 0.508 e. The molecule has 0 radical (unpaired) electrons. The highest BCUT2D eigenvalue weighted by Crippen LogP contribution is 2.35. The number of hydrogen-bond acceptors (Lipinski definition) is 2. The molecule has 0 aromatic heterocycles. The SMILES string of the molecule is C#Cc1c(O)ccc2cc(O)cc(C(C)C)c12. The Morgan fingerprint density at radius 1 is 1.18 bits per heavy atom. The van der Waals surface area contributed by atoms with Crippen LogP contribution in [0.4, 0.5) is 0 Å². The molecule has 0 amide bonds. The molecule has 2 N–H and O–H groups in total. The van der Waals surface area contributed by atoms with E-state index >= 15 is 0 Å². The van der Waals surface area contributed by atoms with Gasteiger partial charge in [-0.15, -0.1) is 6.42 Å². The van der Waals surface area contributed by atoms with E-state index < -0.39 is 0 Å². The molecule has 0 atom stereocenters. The Hall–Kier alpha value is -2.14. The van der Waals surface area contributed by atoms with Crippen molar-refractivity contribution in [3.63, 3.8) is 0 Å². The Morgan fingerprint density at radius 2 is 1.88 bits per heavy atom. The first-order chi connectivity index (χ1) is 8.04. The van der Waals surface area contributed by atoms with Gasteiger partial charge in [0.25, 0.3) is 0 Å². The van der Waals surface area contributed by atoms with Crippen LogP contribution in [-0.4, -0.2) is 10.2 Å². The molecular weight excluding hydrogens is 212 g/mol. The Bertz CT molecular complexity index is 619. The van der Waals surface area contributed by atoms with Gasteiger partial charge in [0.15, 0.2) is 0 Å². The molecule has 86 valence electrons. The first-order valence-electron chi connectivity index (χ1n) is 5.49. The second kappa shape index (κ2) is 4.03. The standard InChI is InChI=1S/C15H14O2/c1-4-12-14(17)6-5-10-7-11(16)8-13(9(2)3)15(10)12/h1,5-9,16-17H,2-3H3. The molecule has 17 heavy (non-hydrogen) atoms. The number of hydrogen-bond donors (Lipinski definition) is 2. The van der Waals surface area contributed by atoms with Gasteiger partial charge in [-0.3, -0.25) is 0 Å². The summed E-state index contributed by atoms with van der Waals surface area (Å²) in [5.41, 5.74) is 1.44. The third-order valence-electron chi connectivity index (χ3n) is 2.88. The van der Waals surface area contributed by atoms with E-state index in [0.29, 0.717) is 5.56 Å². The van der Waals surface area contributed by atoms with Gasteiger partial charge in [0.05, 0.1) is 5.56 Å². The monoisotopic (exact) mass is 226 g/mol. The Balaban J connectivity index is 2.98. The lowest BCUT2D eigenvalue weighted by atomic mass is 9.92. The average Bonchev–Trinajstić information content (AvgIpc) is 2.28. The van der Waals surface area contributed by atoms with E-state index in [1.807, 2.05) is 13.8 Å². The van der Waals surface area contributed by atoms with E-state index in [1.165, 1.54) is 0 Å². The minimum atomic E-state index is 0.104. The van der Waals surface area contributed by atoms with Crippen LogP contribution in [0, 0.1) is 12.3 Å². The van der Waals surface area contributed by atoms with Crippen molar-refractivity contribution in [2.75, 3.05) is 0 Å². The first-order valence-corrected chi connectivity index (χ1v) is 5.49. The molecule has 2 nitrogen and oxygen atoms in total. The van der Waals surface area contributed by atoms with Crippen molar-refractivity contribution in [2.45, 2.75) is 19.8 Å². The minimum Gasteiger partial charge on any atom is -0.508 e. The van der Waals surface area contributed by atoms with Crippen LogP contribution in [0.5, 0.6) is 11.5 Å². The summed E-state index contributed by atoms with van der Waals surface area (Å²) in [6, 6.07) is 6.67. The summed E-state index contributed by atoms with van der Waals surface area (Å²) in [4.78, 5) is 0. The summed E-state index contributed by atoms with van der Waals surface area (Å²) in [6.45, 7) is 4.05. The van der Waals surface area contributed by atoms with Crippen LogP contribution in [0.3, 0.4) is 0 Å². The van der Waals surface area contributed by atoms with Crippen LogP contribution in [0.1, 0.15) is 30.9 Å². The van der Waals surface area contributed by atoms with E-state index in [9.17, 15) is 10.2 Å². The maximum absolute atomic E-state index is 9.78. The van der Waals surface area contributed by atoms with Crippen molar-refractivity contribution in [1.82, 2.24) is 0 Å². The number of phenolic OH excluding ortho intramolecular Hbond substituents is 2. The van der Waals surface area contributed by atoms with Gasteiger partial charge in [-0.1, -0.05) is 25.8 Å². The second-order valence-electron chi connectivity index (χ2n) is 4.39. The topological polar surface area (TPSA) is 40.5 Å². The molecule has 0 saturated heterocycles. The van der Waals surface area contributed by atoms with Crippen molar-refractivity contribution in [3.05, 3.63) is 35.4 Å². The number of rotatable bonds is 1. The van der Waals surface area contributed by atoms with Crippen LogP contribution in [0.25, 0.3) is 10.8 Å². The van der Waals surface area contributed by atoms with E-state index in [4.69, 9.17) is 6.42 Å². The number of fused-ring (bicyclic) bond motifs is 1. The fourth-order valence-corrected chi connectivity index (χ4v) is 2.07. The number of benzene rings is 2. The average molecular weight is 226 g/mol. The van der Waals surface area contributed by atoms with Gasteiger partial charge in [0.1, 0.15) is 11.5 Å². The molecule has 0 aliphatic heterocycles. The molecular formula is C15H14O2. The lowest BCUT2D eigenvalue weighted by molar-refractivity contribution is 0.472. The summed E-state index contributed by atoms with van der Waals surface area (Å²) in [5, 5.41) is 21.2.